The van der Waals surface area contributed by atoms with Crippen molar-refractivity contribution in [1.29, 1.82) is 0 Å². The maximum atomic E-state index is 12.4. The second kappa shape index (κ2) is 22.5. The number of benzene rings is 3. The molecule has 0 aliphatic heterocycles. The molecule has 0 saturated carbocycles. The van der Waals surface area contributed by atoms with Crippen LogP contribution in [0, 0.1) is 5.92 Å². The summed E-state index contributed by atoms with van der Waals surface area (Å²) >= 11 is 0. The number of isocyanates is 1. The van der Waals surface area contributed by atoms with Crippen LogP contribution in [0.5, 0.6) is 0 Å². The fourth-order valence-corrected chi connectivity index (χ4v) is 4.56. The number of alkyl carbamates (subject to hydrolysis) is 1. The Morgan fingerprint density at radius 1 is 0.740 bits per heavy atom. The molecule has 1 aromatic heterocycles. The lowest BCUT2D eigenvalue weighted by Crippen LogP contribution is -2.38. The third kappa shape index (κ3) is 16.3. The Morgan fingerprint density at radius 2 is 1.30 bits per heavy atom. The molecule has 0 bridgehead atoms. The van der Waals surface area contributed by atoms with Crippen LogP contribution in [0.25, 0.3) is 0 Å². The van der Waals surface area contributed by atoms with Gasteiger partial charge in [-0.3, -0.25) is 0 Å². The molecule has 1 unspecified atom stereocenters. The summed E-state index contributed by atoms with van der Waals surface area (Å²) in [6.07, 6.45) is 3.57. The first-order valence-electron chi connectivity index (χ1n) is 16.8. The van der Waals surface area contributed by atoms with Gasteiger partial charge in [0.05, 0.1) is 24.6 Å². The number of aromatic nitrogens is 2. The van der Waals surface area contributed by atoms with Crippen molar-refractivity contribution in [3.63, 3.8) is 0 Å². The number of amides is 1. The van der Waals surface area contributed by atoms with E-state index in [4.69, 9.17) is 15.2 Å². The molecule has 50 heavy (non-hydrogen) atoms. The molecule has 10 nitrogen and oxygen atoms in total. The van der Waals surface area contributed by atoms with Gasteiger partial charge in [-0.1, -0.05) is 98.8 Å². The molecule has 4 aromatic rings. The molecule has 266 valence electrons. The number of hydrogen-bond donors (Lipinski definition) is 2. The fourth-order valence-electron chi connectivity index (χ4n) is 4.56. The number of nitrogens with two attached hydrogens (primary N) is 1. The van der Waals surface area contributed by atoms with E-state index in [1.165, 1.54) is 11.1 Å². The minimum atomic E-state index is -1.13. The van der Waals surface area contributed by atoms with Crippen LogP contribution in [0.4, 0.5) is 4.79 Å². The van der Waals surface area contributed by atoms with Crippen LogP contribution < -0.4 is 11.1 Å². The van der Waals surface area contributed by atoms with Crippen LogP contribution >= 0.6 is 0 Å². The van der Waals surface area contributed by atoms with E-state index in [0.717, 1.165) is 17.5 Å². The monoisotopic (exact) mass is 681 g/mol. The van der Waals surface area contributed by atoms with Gasteiger partial charge in [-0.15, -0.1) is 0 Å². The molecule has 10 heteroatoms. The topological polar surface area (TPSA) is 146 Å². The third-order valence-corrected chi connectivity index (χ3v) is 7.16. The van der Waals surface area contributed by atoms with Crippen molar-refractivity contribution in [2.45, 2.75) is 91.6 Å². The quantitative estimate of drug-likeness (QED) is 0.0875. The van der Waals surface area contributed by atoms with Crippen molar-refractivity contribution < 1.29 is 23.9 Å². The van der Waals surface area contributed by atoms with E-state index < -0.39 is 18.2 Å². The summed E-state index contributed by atoms with van der Waals surface area (Å²) in [6, 6.07) is 29.3. The van der Waals surface area contributed by atoms with Crippen molar-refractivity contribution in [2.24, 2.45) is 16.6 Å². The molecular formula is C40H51N5O5. The Hall–Kier alpha value is -5.18. The second-order valence-corrected chi connectivity index (χ2v) is 12.5. The van der Waals surface area contributed by atoms with E-state index in [1.54, 1.807) is 38.4 Å². The van der Waals surface area contributed by atoms with Gasteiger partial charge in [0.2, 0.25) is 12.2 Å². The highest BCUT2D eigenvalue weighted by Crippen LogP contribution is 2.17. The zero-order valence-corrected chi connectivity index (χ0v) is 30.2. The van der Waals surface area contributed by atoms with Crippen LogP contribution in [-0.2, 0) is 31.9 Å². The lowest BCUT2D eigenvalue weighted by Gasteiger charge is -2.20. The van der Waals surface area contributed by atoms with Crippen molar-refractivity contribution in [3.05, 3.63) is 131 Å². The first kappa shape index (κ1) is 41.0. The van der Waals surface area contributed by atoms with E-state index in [2.05, 4.69) is 46.3 Å². The number of nitrogens with zero attached hydrogens (tertiary/aromatic N) is 3. The Balaban J connectivity index is 0.000000349. The summed E-state index contributed by atoms with van der Waals surface area (Å²) in [5.41, 5.74) is 10.0. The number of nitrogens with one attached hydrogen (secondary N) is 1. The van der Waals surface area contributed by atoms with Crippen LogP contribution in [-0.4, -0.2) is 40.3 Å². The van der Waals surface area contributed by atoms with Gasteiger partial charge in [-0.25, -0.2) is 24.4 Å². The van der Waals surface area contributed by atoms with Gasteiger partial charge in [0.25, 0.3) is 0 Å². The third-order valence-electron chi connectivity index (χ3n) is 7.16. The van der Waals surface area contributed by atoms with E-state index in [1.807, 2.05) is 93.6 Å². The molecule has 0 radical (unpaired) electrons. The first-order chi connectivity index (χ1) is 23.9. The predicted molar refractivity (Wildman–Crippen MR) is 196 cm³/mol. The Labute approximate surface area is 296 Å². The van der Waals surface area contributed by atoms with Gasteiger partial charge in [0.1, 0.15) is 5.82 Å². The smallest absolute Gasteiger partial charge is 0.408 e. The molecule has 0 saturated heterocycles. The molecular weight excluding hydrogens is 630 g/mol. The van der Waals surface area contributed by atoms with Gasteiger partial charge < -0.3 is 20.5 Å². The number of carbonyl (C=O) groups excluding carboxylic acids is 3. The molecule has 0 aliphatic rings. The predicted octanol–water partition coefficient (Wildman–Crippen LogP) is 7.81. The first-order valence-corrected chi connectivity index (χ1v) is 16.8. The average Bonchev–Trinajstić information content (AvgIpc) is 3.09. The summed E-state index contributed by atoms with van der Waals surface area (Å²) in [7, 11) is 0. The fraction of sp³-hybridized carbons (Fsp3) is 0.375. The lowest BCUT2D eigenvalue weighted by atomic mass is 10.00. The highest BCUT2D eigenvalue weighted by atomic mass is 16.6. The summed E-state index contributed by atoms with van der Waals surface area (Å²) in [5, 5.41) is 2.77. The van der Waals surface area contributed by atoms with Crippen LogP contribution in [0.2, 0.25) is 0 Å². The van der Waals surface area contributed by atoms with Crippen molar-refractivity contribution in [3.8, 4) is 0 Å². The zero-order valence-electron chi connectivity index (χ0n) is 30.2. The van der Waals surface area contributed by atoms with Crippen molar-refractivity contribution in [1.82, 2.24) is 15.3 Å². The average molecular weight is 682 g/mol. The van der Waals surface area contributed by atoms with Crippen molar-refractivity contribution in [2.75, 3.05) is 0 Å². The highest BCUT2D eigenvalue weighted by Gasteiger charge is 2.27. The van der Waals surface area contributed by atoms with Gasteiger partial charge >= 0.3 is 12.1 Å². The summed E-state index contributed by atoms with van der Waals surface area (Å²) in [4.78, 5) is 46.5. The van der Waals surface area contributed by atoms with Gasteiger partial charge in [-0.05, 0) is 75.3 Å². The number of carbonyl (C=O) groups is 2. The Kier molecular flexibility index (Phi) is 18.4. The molecule has 3 N–H and O–H groups in total. The lowest BCUT2D eigenvalue weighted by molar-refractivity contribution is -0.157. The second-order valence-electron chi connectivity index (χ2n) is 12.5. The normalized spacial score (nSPS) is 12.8. The molecule has 3 aromatic carbocycles. The number of esters is 1. The SMILES string of the molecule is CC(C)Cc1ccc([C@H](C)NC(=O)OC(Cc2ncccn2)C(=O)OC(C)C)cc1.C[C@H](N)c1ccccc1.C[C@H](N=C=O)c1ccccc1. The maximum Gasteiger partial charge on any atom is 0.408 e. The number of rotatable bonds is 12. The van der Waals surface area contributed by atoms with Crippen molar-refractivity contribution >= 4 is 18.1 Å². The summed E-state index contributed by atoms with van der Waals surface area (Å²) < 4.78 is 10.6. The molecule has 0 aliphatic carbocycles. The van der Waals surface area contributed by atoms with E-state index in [0.29, 0.717) is 11.7 Å². The molecule has 0 spiro atoms. The van der Waals surface area contributed by atoms with Crippen LogP contribution in [0.1, 0.15) is 94.7 Å². The molecule has 1 amide bonds. The van der Waals surface area contributed by atoms with Crippen LogP contribution in [0.3, 0.4) is 0 Å². The van der Waals surface area contributed by atoms with Gasteiger partial charge in [0, 0.05) is 18.4 Å². The molecule has 4 rings (SSSR count). The van der Waals surface area contributed by atoms with Gasteiger partial charge in [0.15, 0.2) is 0 Å². The minimum absolute atomic E-state index is 0.0398. The summed E-state index contributed by atoms with van der Waals surface area (Å²) in [6.45, 7) is 13.5. The minimum Gasteiger partial charge on any atom is -0.460 e. The molecule has 1 heterocycles. The van der Waals surface area contributed by atoms with Crippen LogP contribution in [0.15, 0.2) is 108 Å². The highest BCUT2D eigenvalue weighted by molar-refractivity contribution is 5.79. The zero-order chi connectivity index (χ0) is 36.9. The Morgan fingerprint density at radius 3 is 1.78 bits per heavy atom. The largest absolute Gasteiger partial charge is 0.460 e. The number of ether oxygens (including phenoxy) is 2. The van der Waals surface area contributed by atoms with E-state index in [9.17, 15) is 14.4 Å². The van der Waals surface area contributed by atoms with E-state index in [-0.39, 0.29) is 30.7 Å². The van der Waals surface area contributed by atoms with Gasteiger partial charge in [-0.2, -0.15) is 4.99 Å². The molecule has 4 atom stereocenters. The number of aliphatic imine (C=N–C) groups is 1. The number of hydrogen-bond acceptors (Lipinski definition) is 9. The maximum absolute atomic E-state index is 12.4. The standard InChI is InChI=1S/C23H31N3O4.C9H9NO.C8H11N/c1-15(2)13-18-7-9-19(10-8-18)17(5)26-23(28)30-20(22(27)29-16(3)4)14-21-24-11-6-12-25-21;1-8(10-7-11)9-5-3-2-4-6-9;1-7(9)8-5-3-2-4-6-8/h6-12,15-17,20H,13-14H2,1-5H3,(H,26,28);2-6,8H,1H3;2-7H,9H2,1H3/t17-,20?;8-;7-/m000/s1. The Bertz CT molecular complexity index is 1580. The molecule has 0 fully saturated rings. The summed E-state index contributed by atoms with van der Waals surface area (Å²) in [5.74, 6) is 0.348. The van der Waals surface area contributed by atoms with E-state index >= 15 is 0 Å².